The Kier molecular flexibility index (Phi) is 8.30. The summed E-state index contributed by atoms with van der Waals surface area (Å²) in [4.78, 5) is 0. The summed E-state index contributed by atoms with van der Waals surface area (Å²) in [6.07, 6.45) is 0. The molecule has 0 radical (unpaired) electrons. The van der Waals surface area contributed by atoms with Gasteiger partial charge in [0, 0.05) is 0 Å². The summed E-state index contributed by atoms with van der Waals surface area (Å²) in [5.41, 5.74) is 20.2. The lowest BCUT2D eigenvalue weighted by Crippen LogP contribution is -2.74. The Balaban J connectivity index is 1.19. The second kappa shape index (κ2) is 14.3. The zero-order chi connectivity index (χ0) is 40.3. The van der Waals surface area contributed by atoms with E-state index in [0.717, 1.165) is 0 Å². The van der Waals surface area contributed by atoms with Gasteiger partial charge in [0.25, 0.3) is 0 Å². The summed E-state index contributed by atoms with van der Waals surface area (Å²) < 4.78 is 0. The Morgan fingerprint density at radius 3 is 0.590 bits per heavy atom. The third kappa shape index (κ3) is 5.45. The summed E-state index contributed by atoms with van der Waals surface area (Å²) >= 11 is 0. The molecule has 0 heterocycles. The summed E-state index contributed by atoms with van der Waals surface area (Å²) in [6, 6.07) is 91.5. The van der Waals surface area contributed by atoms with Crippen molar-refractivity contribution in [1.82, 2.24) is 0 Å². The molecule has 0 bridgehead atoms. The number of fused-ring (bicyclic) bond motifs is 16. The number of benzene rings is 10. The van der Waals surface area contributed by atoms with Crippen LogP contribution in [0.2, 0.25) is 0 Å². The molecule has 0 atom stereocenters. The van der Waals surface area contributed by atoms with Crippen molar-refractivity contribution >= 4 is 28.8 Å². The molecule has 2 aliphatic rings. The molecule has 0 spiro atoms. The number of hydrogen-bond acceptors (Lipinski definition) is 0. The van der Waals surface area contributed by atoms with Gasteiger partial charge in [-0.1, -0.05) is 243 Å². The fraction of sp³-hybridized carbons (Fsp3) is 0. The molecular weight excluding hydrogens is 749 g/mol. The molecule has 2 aliphatic carbocycles. The minimum Gasteiger partial charge on any atom is -0.0623 e. The van der Waals surface area contributed by atoms with Crippen LogP contribution in [0.15, 0.2) is 243 Å². The van der Waals surface area contributed by atoms with Gasteiger partial charge in [-0.3, -0.25) is 0 Å². The van der Waals surface area contributed by atoms with Gasteiger partial charge in [-0.05, 0) is 110 Å². The summed E-state index contributed by atoms with van der Waals surface area (Å²) in [6.45, 7) is 0. The molecule has 12 rings (SSSR count). The zero-order valence-corrected chi connectivity index (χ0v) is 34.6. The van der Waals surface area contributed by atoms with Gasteiger partial charge in [-0.2, -0.15) is 0 Å². The van der Waals surface area contributed by atoms with E-state index in [9.17, 15) is 0 Å². The third-order valence-corrected chi connectivity index (χ3v) is 18.0. The fourth-order valence-electron chi connectivity index (χ4n) is 10.6. The first-order valence-electron chi connectivity index (χ1n) is 21.3. The third-order valence-electron chi connectivity index (χ3n) is 13.2. The largest absolute Gasteiger partial charge is 0.179 e. The highest BCUT2D eigenvalue weighted by Crippen LogP contribution is 2.49. The normalized spacial score (nSPS) is 11.9. The first kappa shape index (κ1) is 35.4. The van der Waals surface area contributed by atoms with Gasteiger partial charge in [-0.25, -0.2) is 0 Å². The average Bonchev–Trinajstić information content (AvgIpc) is 3.34. The van der Waals surface area contributed by atoms with Crippen molar-refractivity contribution in [1.29, 1.82) is 0 Å². The zero-order valence-electron chi connectivity index (χ0n) is 33.6. The van der Waals surface area contributed by atoms with Crippen molar-refractivity contribution in [3.63, 3.8) is 0 Å². The molecule has 0 saturated heterocycles. The lowest BCUT2D eigenvalue weighted by molar-refractivity contribution is 1.52. The van der Waals surface area contributed by atoms with Crippen LogP contribution in [-0.2, 0) is 0 Å². The van der Waals surface area contributed by atoms with E-state index in [0.29, 0.717) is 0 Å². The fourth-order valence-corrected chi connectivity index (χ4v) is 15.3. The summed E-state index contributed by atoms with van der Waals surface area (Å²) in [5, 5.41) is 5.43. The maximum Gasteiger partial charge on any atom is 0.179 e. The SMILES string of the molecule is c1ccc([Si](c2ccccc2)(c2ccc3c(c2)-c2ccccc2-c2ccccc2-c2ccccc2-3)c2ccc3c(c2)-c2ccccc2-c2ccccc2-c2ccccc2-3)cc1. The standard InChI is InChI=1S/C60H40Si/c1-3-19-41(20-4-1)61(42-21-5-2-6-22-42,43-35-37-57-53-31-13-11-27-49(53)45-23-7-9-25-47(45)51-29-15-17-33-55(51)59(57)39-43)44-36-38-58-54-32-14-12-28-50(54)46-24-8-10-26-48(46)52-30-16-18-34-56(52)60(58)40-44/h1-40H. The van der Waals surface area contributed by atoms with Gasteiger partial charge in [0.2, 0.25) is 0 Å². The quantitative estimate of drug-likeness (QED) is 0.123. The van der Waals surface area contributed by atoms with Crippen molar-refractivity contribution in [3.8, 4) is 89.0 Å². The molecule has 10 aromatic rings. The number of rotatable bonds is 4. The minimum atomic E-state index is -3.05. The monoisotopic (exact) mass is 788 g/mol. The Bertz CT molecular complexity index is 3070. The highest BCUT2D eigenvalue weighted by Gasteiger charge is 2.43. The van der Waals surface area contributed by atoms with Crippen LogP contribution in [-0.4, -0.2) is 8.07 Å². The van der Waals surface area contributed by atoms with Gasteiger partial charge < -0.3 is 0 Å². The van der Waals surface area contributed by atoms with E-state index in [-0.39, 0.29) is 0 Å². The van der Waals surface area contributed by atoms with Gasteiger partial charge in [-0.15, -0.1) is 0 Å². The highest BCUT2D eigenvalue weighted by molar-refractivity contribution is 7.20. The Hall–Kier alpha value is -7.58. The second-order valence-electron chi connectivity index (χ2n) is 16.3. The van der Waals surface area contributed by atoms with Crippen LogP contribution in [0.25, 0.3) is 89.0 Å². The predicted octanol–water partition coefficient (Wildman–Crippen LogP) is 13.0. The molecule has 0 N–H and O–H groups in total. The van der Waals surface area contributed by atoms with Crippen LogP contribution in [0, 0.1) is 0 Å². The molecule has 1 heteroatoms. The van der Waals surface area contributed by atoms with Crippen LogP contribution in [0.3, 0.4) is 0 Å². The first-order valence-corrected chi connectivity index (χ1v) is 23.3. The van der Waals surface area contributed by atoms with Gasteiger partial charge in [0.1, 0.15) is 0 Å². The van der Waals surface area contributed by atoms with Gasteiger partial charge in [0.15, 0.2) is 8.07 Å². The van der Waals surface area contributed by atoms with E-state index in [4.69, 9.17) is 0 Å². The lowest BCUT2D eigenvalue weighted by atomic mass is 9.81. The molecule has 10 aromatic carbocycles. The second-order valence-corrected chi connectivity index (χ2v) is 20.1. The van der Waals surface area contributed by atoms with E-state index in [2.05, 4.69) is 243 Å². The topological polar surface area (TPSA) is 0 Å². The predicted molar refractivity (Wildman–Crippen MR) is 261 cm³/mol. The molecule has 0 fully saturated rings. The van der Waals surface area contributed by atoms with Crippen molar-refractivity contribution in [2.75, 3.05) is 0 Å². The van der Waals surface area contributed by atoms with Crippen molar-refractivity contribution in [2.24, 2.45) is 0 Å². The van der Waals surface area contributed by atoms with Crippen molar-refractivity contribution in [3.05, 3.63) is 243 Å². The molecule has 0 aromatic heterocycles. The van der Waals surface area contributed by atoms with Crippen LogP contribution in [0.4, 0.5) is 0 Å². The van der Waals surface area contributed by atoms with Crippen molar-refractivity contribution < 1.29 is 0 Å². The van der Waals surface area contributed by atoms with E-state index in [1.807, 2.05) is 0 Å². The van der Waals surface area contributed by atoms with Crippen LogP contribution < -0.4 is 20.7 Å². The van der Waals surface area contributed by atoms with E-state index >= 15 is 0 Å². The molecule has 0 amide bonds. The Labute approximate surface area is 358 Å². The molecule has 0 nitrogen and oxygen atoms in total. The molecular formula is C60H40Si. The van der Waals surface area contributed by atoms with Gasteiger partial charge in [0.05, 0.1) is 0 Å². The van der Waals surface area contributed by atoms with Crippen LogP contribution in [0.1, 0.15) is 0 Å². The average molecular weight is 789 g/mol. The molecule has 284 valence electrons. The lowest BCUT2D eigenvalue weighted by Gasteiger charge is -2.36. The molecule has 0 unspecified atom stereocenters. The Morgan fingerprint density at radius 2 is 0.344 bits per heavy atom. The Morgan fingerprint density at radius 1 is 0.148 bits per heavy atom. The van der Waals surface area contributed by atoms with Crippen LogP contribution in [0.5, 0.6) is 0 Å². The van der Waals surface area contributed by atoms with Crippen molar-refractivity contribution in [2.45, 2.75) is 0 Å². The maximum atomic E-state index is 2.57. The van der Waals surface area contributed by atoms with E-state index < -0.39 is 8.07 Å². The molecule has 0 aliphatic heterocycles. The summed E-state index contributed by atoms with van der Waals surface area (Å²) in [5.74, 6) is 0. The maximum absolute atomic E-state index is 3.05. The van der Waals surface area contributed by atoms with E-state index in [1.54, 1.807) is 0 Å². The minimum absolute atomic E-state index is 1.26. The molecule has 61 heavy (non-hydrogen) atoms. The molecule has 0 saturated carbocycles. The summed E-state index contributed by atoms with van der Waals surface area (Å²) in [7, 11) is -3.05. The first-order chi connectivity index (χ1) is 30.3. The van der Waals surface area contributed by atoms with Crippen LogP contribution >= 0.6 is 0 Å². The van der Waals surface area contributed by atoms with Gasteiger partial charge >= 0.3 is 0 Å². The smallest absolute Gasteiger partial charge is 0.0623 e. The van der Waals surface area contributed by atoms with E-state index in [1.165, 1.54) is 110 Å². The highest BCUT2D eigenvalue weighted by atomic mass is 28.3. The number of hydrogen-bond donors (Lipinski definition) is 0.